The summed E-state index contributed by atoms with van der Waals surface area (Å²) in [6.07, 6.45) is 1.75. The zero-order valence-electron chi connectivity index (χ0n) is 12.0. The van der Waals surface area contributed by atoms with Crippen LogP contribution in [0.15, 0.2) is 23.1 Å². The Kier molecular flexibility index (Phi) is 4.48. The van der Waals surface area contributed by atoms with Crippen LogP contribution in [0.5, 0.6) is 0 Å². The number of nitro groups is 1. The van der Waals surface area contributed by atoms with E-state index in [1.165, 1.54) is 12.1 Å². The Labute approximate surface area is 123 Å². The van der Waals surface area contributed by atoms with Crippen molar-refractivity contribution in [1.29, 1.82) is 0 Å². The van der Waals surface area contributed by atoms with Crippen LogP contribution in [0.1, 0.15) is 26.7 Å². The second kappa shape index (κ2) is 5.98. The average Bonchev–Trinajstić information content (AvgIpc) is 3.16. The number of nitrogens with zero attached hydrogens (tertiary/aromatic N) is 1. The van der Waals surface area contributed by atoms with Crippen LogP contribution < -0.4 is 10.0 Å². The van der Waals surface area contributed by atoms with Crippen LogP contribution in [-0.4, -0.2) is 25.9 Å². The Balaban J connectivity index is 2.27. The molecule has 0 aliphatic heterocycles. The van der Waals surface area contributed by atoms with Crippen molar-refractivity contribution in [3.63, 3.8) is 0 Å². The van der Waals surface area contributed by atoms with Crippen LogP contribution in [0.4, 0.5) is 11.4 Å². The van der Waals surface area contributed by atoms with Gasteiger partial charge in [-0.25, -0.2) is 13.1 Å². The Morgan fingerprint density at radius 1 is 1.38 bits per heavy atom. The average molecular weight is 313 g/mol. The van der Waals surface area contributed by atoms with Crippen molar-refractivity contribution in [3.8, 4) is 0 Å². The molecule has 0 aromatic heterocycles. The maximum absolute atomic E-state index is 12.2. The first-order valence-corrected chi connectivity index (χ1v) is 8.42. The molecule has 8 heteroatoms. The minimum absolute atomic E-state index is 0.0486. The third-order valence-corrected chi connectivity index (χ3v) is 5.08. The van der Waals surface area contributed by atoms with Crippen LogP contribution in [0, 0.1) is 16.0 Å². The lowest BCUT2D eigenvalue weighted by atomic mass is 10.2. The quantitative estimate of drug-likeness (QED) is 0.593. The van der Waals surface area contributed by atoms with Crippen molar-refractivity contribution in [2.45, 2.75) is 37.6 Å². The third-order valence-electron chi connectivity index (χ3n) is 3.60. The summed E-state index contributed by atoms with van der Waals surface area (Å²) >= 11 is 0. The molecule has 0 heterocycles. The van der Waals surface area contributed by atoms with E-state index in [9.17, 15) is 18.5 Å². The van der Waals surface area contributed by atoms with Gasteiger partial charge in [0.05, 0.1) is 9.82 Å². The predicted molar refractivity (Wildman–Crippen MR) is 79.8 cm³/mol. The second-order valence-corrected chi connectivity index (χ2v) is 6.81. The Bertz CT molecular complexity index is 645. The maximum atomic E-state index is 12.2. The third kappa shape index (κ3) is 3.51. The largest absolute Gasteiger partial charge is 0.380 e. The summed E-state index contributed by atoms with van der Waals surface area (Å²) in [5, 5.41) is 13.9. The molecule has 0 saturated heterocycles. The number of nitro benzene ring substituents is 1. The van der Waals surface area contributed by atoms with E-state index >= 15 is 0 Å². The van der Waals surface area contributed by atoms with Crippen LogP contribution >= 0.6 is 0 Å². The van der Waals surface area contributed by atoms with Gasteiger partial charge < -0.3 is 5.32 Å². The predicted octanol–water partition coefficient (Wildman–Crippen LogP) is 2.10. The summed E-state index contributed by atoms with van der Waals surface area (Å²) in [5.74, 6) is 0.371. The lowest BCUT2D eigenvalue weighted by molar-refractivity contribution is -0.384. The fraction of sp³-hybridized carbons (Fsp3) is 0.538. The molecule has 0 radical (unpaired) electrons. The van der Waals surface area contributed by atoms with Crippen molar-refractivity contribution in [2.75, 3.05) is 11.9 Å². The van der Waals surface area contributed by atoms with E-state index in [-0.39, 0.29) is 16.6 Å². The molecule has 7 nitrogen and oxygen atoms in total. The summed E-state index contributed by atoms with van der Waals surface area (Å²) < 4.78 is 27.1. The van der Waals surface area contributed by atoms with E-state index in [2.05, 4.69) is 10.0 Å². The van der Waals surface area contributed by atoms with Gasteiger partial charge in [0, 0.05) is 18.7 Å². The van der Waals surface area contributed by atoms with E-state index in [0.29, 0.717) is 18.2 Å². The van der Waals surface area contributed by atoms with Gasteiger partial charge in [-0.05, 0) is 31.4 Å². The van der Waals surface area contributed by atoms with Crippen molar-refractivity contribution < 1.29 is 13.3 Å². The number of nitrogens with one attached hydrogen (secondary N) is 2. The van der Waals surface area contributed by atoms with Crippen molar-refractivity contribution in [1.82, 2.24) is 4.72 Å². The molecule has 2 rings (SSSR count). The molecule has 1 aromatic carbocycles. The molecule has 2 N–H and O–H groups in total. The highest BCUT2D eigenvalue weighted by Crippen LogP contribution is 2.35. The molecule has 1 aromatic rings. The topological polar surface area (TPSA) is 101 Å². The van der Waals surface area contributed by atoms with Gasteiger partial charge in [-0.1, -0.05) is 13.3 Å². The summed E-state index contributed by atoms with van der Waals surface area (Å²) in [6, 6.07) is 3.87. The minimum atomic E-state index is -3.71. The van der Waals surface area contributed by atoms with Crippen LogP contribution in [0.2, 0.25) is 0 Å². The first-order chi connectivity index (χ1) is 9.89. The molecule has 2 unspecified atom stereocenters. The molecule has 21 heavy (non-hydrogen) atoms. The molecule has 1 fully saturated rings. The van der Waals surface area contributed by atoms with Gasteiger partial charge in [-0.2, -0.15) is 0 Å². The Morgan fingerprint density at radius 2 is 2.10 bits per heavy atom. The summed E-state index contributed by atoms with van der Waals surface area (Å²) in [4.78, 5) is 10.4. The highest BCUT2D eigenvalue weighted by molar-refractivity contribution is 7.89. The van der Waals surface area contributed by atoms with E-state index < -0.39 is 14.9 Å². The van der Waals surface area contributed by atoms with E-state index in [1.54, 1.807) is 0 Å². The summed E-state index contributed by atoms with van der Waals surface area (Å²) in [6.45, 7) is 4.34. The lowest BCUT2D eigenvalue weighted by Gasteiger charge is -2.09. The molecular weight excluding hydrogens is 294 g/mol. The van der Waals surface area contributed by atoms with E-state index in [1.807, 2.05) is 13.8 Å². The summed E-state index contributed by atoms with van der Waals surface area (Å²) in [5.41, 5.74) is 0.0851. The number of hydrogen-bond acceptors (Lipinski definition) is 5. The first-order valence-electron chi connectivity index (χ1n) is 6.93. The van der Waals surface area contributed by atoms with Gasteiger partial charge in [-0.15, -0.1) is 0 Å². The van der Waals surface area contributed by atoms with Gasteiger partial charge in [0.2, 0.25) is 10.0 Å². The van der Waals surface area contributed by atoms with Crippen molar-refractivity contribution >= 4 is 21.4 Å². The van der Waals surface area contributed by atoms with Gasteiger partial charge in [0.15, 0.2) is 0 Å². The fourth-order valence-electron chi connectivity index (χ4n) is 2.28. The second-order valence-electron chi connectivity index (χ2n) is 5.10. The number of rotatable bonds is 7. The van der Waals surface area contributed by atoms with Crippen LogP contribution in [-0.2, 0) is 10.0 Å². The zero-order chi connectivity index (χ0) is 15.6. The number of hydrogen-bond donors (Lipinski definition) is 2. The first kappa shape index (κ1) is 15.7. The fourth-order valence-corrected chi connectivity index (χ4v) is 3.62. The molecule has 2 atom stereocenters. The highest BCUT2D eigenvalue weighted by Gasteiger charge is 2.39. The smallest absolute Gasteiger partial charge is 0.293 e. The SMILES string of the molecule is CCNc1ccc(S(=O)(=O)NC2CC2CC)cc1[N+](=O)[O-]. The molecule has 0 bridgehead atoms. The van der Waals surface area contributed by atoms with E-state index in [4.69, 9.17) is 0 Å². The maximum Gasteiger partial charge on any atom is 0.293 e. The number of benzene rings is 1. The minimum Gasteiger partial charge on any atom is -0.380 e. The van der Waals surface area contributed by atoms with Gasteiger partial charge in [0.25, 0.3) is 5.69 Å². The standard InChI is InChI=1S/C13H19N3O4S/c1-3-9-7-12(9)15-21(19,20)10-5-6-11(14-4-2)13(8-10)16(17)18/h5-6,8-9,12,14-15H,3-4,7H2,1-2H3. The van der Waals surface area contributed by atoms with Gasteiger partial charge >= 0.3 is 0 Å². The van der Waals surface area contributed by atoms with Crippen molar-refractivity contribution in [3.05, 3.63) is 28.3 Å². The van der Waals surface area contributed by atoms with E-state index in [0.717, 1.165) is 18.9 Å². The lowest BCUT2D eigenvalue weighted by Crippen LogP contribution is -2.27. The van der Waals surface area contributed by atoms with Crippen LogP contribution in [0.25, 0.3) is 0 Å². The van der Waals surface area contributed by atoms with Crippen LogP contribution in [0.3, 0.4) is 0 Å². The van der Waals surface area contributed by atoms with Gasteiger partial charge in [0.1, 0.15) is 5.69 Å². The molecule has 116 valence electrons. The van der Waals surface area contributed by atoms with Gasteiger partial charge in [-0.3, -0.25) is 10.1 Å². The number of sulfonamides is 1. The molecule has 0 amide bonds. The molecule has 1 saturated carbocycles. The normalized spacial score (nSPS) is 21.0. The Morgan fingerprint density at radius 3 is 2.62 bits per heavy atom. The number of anilines is 1. The molecule has 0 spiro atoms. The Hall–Kier alpha value is -1.67. The monoisotopic (exact) mass is 313 g/mol. The zero-order valence-corrected chi connectivity index (χ0v) is 12.8. The summed E-state index contributed by atoms with van der Waals surface area (Å²) in [7, 11) is -3.71. The molecule has 1 aliphatic carbocycles. The molecule has 1 aliphatic rings. The molecular formula is C13H19N3O4S. The highest BCUT2D eigenvalue weighted by atomic mass is 32.2. The van der Waals surface area contributed by atoms with Crippen molar-refractivity contribution in [2.24, 2.45) is 5.92 Å².